The van der Waals surface area contributed by atoms with Crippen molar-refractivity contribution < 1.29 is 28.1 Å². The molecule has 1 N–H and O–H groups in total. The second kappa shape index (κ2) is 17.9. The first-order valence-electron chi connectivity index (χ1n) is 11.0. The van der Waals surface area contributed by atoms with Crippen LogP contribution in [0.15, 0.2) is 17.0 Å². The second-order valence-electron chi connectivity index (χ2n) is 7.39. The maximum absolute atomic E-state index is 13.9. The van der Waals surface area contributed by atoms with Gasteiger partial charge in [-0.25, -0.2) is 14.0 Å². The molecule has 168 valence electrons. The minimum atomic E-state index is -0.806. The Hall–Kier alpha value is -0.890. The van der Waals surface area contributed by atoms with E-state index in [1.54, 1.807) is 0 Å². The summed E-state index contributed by atoms with van der Waals surface area (Å²) in [5.41, 5.74) is 0. The Morgan fingerprint density at radius 3 is 1.66 bits per heavy atom. The fourth-order valence-corrected chi connectivity index (χ4v) is 3.66. The van der Waals surface area contributed by atoms with E-state index in [-0.39, 0.29) is 17.3 Å². The molecule has 0 fully saturated rings. The number of hydrogen-bond acceptors (Lipinski definition) is 5. The van der Waals surface area contributed by atoms with Crippen LogP contribution in [-0.4, -0.2) is 11.9 Å². The van der Waals surface area contributed by atoms with Gasteiger partial charge < -0.3 is 4.74 Å². The molecular weight excluding hydrogens is 398 g/mol. The van der Waals surface area contributed by atoms with Gasteiger partial charge in [-0.3, -0.25) is 0 Å². The van der Waals surface area contributed by atoms with Gasteiger partial charge in [0.15, 0.2) is 17.4 Å². The number of unbranched alkanes of at least 4 members (excludes halogenated alkanes) is 13. The second-order valence-corrected chi connectivity index (χ2v) is 8.16. The fraction of sp³-hybridized carbons (Fsp3) is 0.727. The first kappa shape index (κ1) is 26.1. The molecule has 0 radical (unpaired) electrons. The Labute approximate surface area is 178 Å². The van der Waals surface area contributed by atoms with Crippen LogP contribution in [0.3, 0.4) is 0 Å². The summed E-state index contributed by atoms with van der Waals surface area (Å²) in [6.07, 6.45) is 17.6. The molecule has 0 aliphatic rings. The Balaban J connectivity index is 1.98. The Morgan fingerprint density at radius 1 is 0.759 bits per heavy atom. The molecule has 0 atom stereocenters. The number of halogens is 2. The maximum atomic E-state index is 13.9. The third kappa shape index (κ3) is 13.1. The van der Waals surface area contributed by atoms with E-state index in [1.165, 1.54) is 70.6 Å². The zero-order valence-electron chi connectivity index (χ0n) is 17.6. The van der Waals surface area contributed by atoms with Crippen molar-refractivity contribution in [3.63, 3.8) is 0 Å². The van der Waals surface area contributed by atoms with E-state index in [1.807, 2.05) is 0 Å². The molecule has 0 heterocycles. The lowest BCUT2D eigenvalue weighted by molar-refractivity contribution is -0.432. The number of benzene rings is 1. The summed E-state index contributed by atoms with van der Waals surface area (Å²) >= 11 is 0.499. The van der Waals surface area contributed by atoms with Gasteiger partial charge in [-0.1, -0.05) is 95.4 Å². The fourth-order valence-electron chi connectivity index (χ4n) is 3.25. The smallest absolute Gasteiger partial charge is 0.190 e. The van der Waals surface area contributed by atoms with Gasteiger partial charge in [0.25, 0.3) is 0 Å². The van der Waals surface area contributed by atoms with Crippen LogP contribution in [0, 0.1) is 11.6 Å². The van der Waals surface area contributed by atoms with Crippen LogP contribution < -0.4 is 4.74 Å². The molecule has 0 saturated carbocycles. The largest absolute Gasteiger partial charge is 0.488 e. The monoisotopic (exact) mass is 434 g/mol. The third-order valence-corrected chi connectivity index (χ3v) is 5.43. The molecule has 29 heavy (non-hydrogen) atoms. The van der Waals surface area contributed by atoms with E-state index >= 15 is 0 Å². The van der Waals surface area contributed by atoms with Crippen molar-refractivity contribution in [2.24, 2.45) is 0 Å². The minimum Gasteiger partial charge on any atom is -0.488 e. The van der Waals surface area contributed by atoms with Crippen LogP contribution in [0.25, 0.3) is 0 Å². The topological polar surface area (TPSA) is 47.9 Å². The normalized spacial score (nSPS) is 11.2. The minimum absolute atomic E-state index is 0.123. The molecule has 0 aliphatic heterocycles. The summed E-state index contributed by atoms with van der Waals surface area (Å²) in [5.74, 6) is -1.99. The third-order valence-electron chi connectivity index (χ3n) is 4.88. The van der Waals surface area contributed by atoms with Crippen molar-refractivity contribution in [3.8, 4) is 5.75 Å². The Bertz CT molecular complexity index is 509. The Kier molecular flexibility index (Phi) is 16.2. The molecule has 0 amide bonds. The highest BCUT2D eigenvalue weighted by molar-refractivity contribution is 7.94. The highest BCUT2D eigenvalue weighted by Crippen LogP contribution is 2.29. The molecule has 7 heteroatoms. The lowest BCUT2D eigenvalue weighted by Crippen LogP contribution is -2.02. The van der Waals surface area contributed by atoms with E-state index in [9.17, 15) is 8.78 Å². The van der Waals surface area contributed by atoms with Gasteiger partial charge in [-0.2, -0.15) is 0 Å². The van der Waals surface area contributed by atoms with Gasteiger partial charge >= 0.3 is 0 Å². The van der Waals surface area contributed by atoms with Crippen molar-refractivity contribution in [2.75, 3.05) is 6.61 Å². The Morgan fingerprint density at radius 2 is 1.21 bits per heavy atom. The van der Waals surface area contributed by atoms with Gasteiger partial charge in [-0.15, -0.1) is 4.33 Å². The average molecular weight is 435 g/mol. The van der Waals surface area contributed by atoms with E-state index < -0.39 is 11.6 Å². The van der Waals surface area contributed by atoms with Crippen LogP contribution in [0.2, 0.25) is 0 Å². The molecule has 0 aromatic heterocycles. The van der Waals surface area contributed by atoms with Crippen LogP contribution >= 0.6 is 12.0 Å². The van der Waals surface area contributed by atoms with Gasteiger partial charge in [0.05, 0.1) is 18.6 Å². The summed E-state index contributed by atoms with van der Waals surface area (Å²) in [7, 11) is 0. The summed E-state index contributed by atoms with van der Waals surface area (Å²) in [6.45, 7) is 2.54. The first-order chi connectivity index (χ1) is 14.2. The molecule has 1 aromatic carbocycles. The van der Waals surface area contributed by atoms with Crippen molar-refractivity contribution >= 4 is 12.0 Å². The summed E-state index contributed by atoms with van der Waals surface area (Å²) in [5, 5.41) is 11.5. The molecule has 0 saturated heterocycles. The number of hydrogen-bond donors (Lipinski definition) is 1. The van der Waals surface area contributed by atoms with Gasteiger partial charge in [0, 0.05) is 4.90 Å². The van der Waals surface area contributed by atoms with Crippen LogP contribution in [0.1, 0.15) is 96.8 Å². The lowest BCUT2D eigenvalue weighted by atomic mass is 10.0. The predicted molar refractivity (Wildman–Crippen MR) is 113 cm³/mol. The molecule has 1 aromatic rings. The number of ether oxygens (including phenoxy) is 1. The van der Waals surface area contributed by atoms with Crippen LogP contribution in [-0.2, 0) is 9.37 Å². The molecule has 0 bridgehead atoms. The van der Waals surface area contributed by atoms with Crippen LogP contribution in [0.4, 0.5) is 8.78 Å². The highest BCUT2D eigenvalue weighted by atomic mass is 32.2. The number of rotatable bonds is 19. The standard InChI is InChI=1S/C22H36F2O4S/c1-2-3-4-5-6-7-8-9-10-11-12-13-14-15-16-26-22-20(23)17-19(18-21(22)24)29-28-27-25/h17-18,25H,2-16H2,1H3. The zero-order valence-corrected chi connectivity index (χ0v) is 18.4. The van der Waals surface area contributed by atoms with Crippen molar-refractivity contribution in [3.05, 3.63) is 23.8 Å². The van der Waals surface area contributed by atoms with E-state index in [0.29, 0.717) is 12.0 Å². The molecular formula is C22H36F2O4S. The molecule has 0 aliphatic carbocycles. The van der Waals surface area contributed by atoms with Gasteiger partial charge in [-0.05, 0) is 18.6 Å². The maximum Gasteiger partial charge on any atom is 0.190 e. The SMILES string of the molecule is CCCCCCCCCCCCCCCCOc1c(F)cc(SOOO)cc1F. The molecule has 4 nitrogen and oxygen atoms in total. The quantitative estimate of drug-likeness (QED) is 0.103. The first-order valence-corrected chi connectivity index (χ1v) is 11.7. The summed E-state index contributed by atoms with van der Waals surface area (Å²) < 4.78 is 37.2. The summed E-state index contributed by atoms with van der Waals surface area (Å²) in [6, 6.07) is 2.13. The van der Waals surface area contributed by atoms with E-state index in [2.05, 4.69) is 16.3 Å². The van der Waals surface area contributed by atoms with Gasteiger partial charge in [0.1, 0.15) is 0 Å². The molecule has 1 rings (SSSR count). The molecule has 0 unspecified atom stereocenters. The summed E-state index contributed by atoms with van der Waals surface area (Å²) in [4.78, 5) is 0.123. The van der Waals surface area contributed by atoms with Crippen molar-refractivity contribution in [2.45, 2.75) is 102 Å². The average Bonchev–Trinajstić information content (AvgIpc) is 2.71. The highest BCUT2D eigenvalue weighted by Gasteiger charge is 2.13. The molecule has 0 spiro atoms. The van der Waals surface area contributed by atoms with E-state index in [4.69, 9.17) is 9.99 Å². The van der Waals surface area contributed by atoms with Crippen LogP contribution in [0.5, 0.6) is 5.75 Å². The lowest BCUT2D eigenvalue weighted by Gasteiger charge is -2.09. The van der Waals surface area contributed by atoms with Gasteiger partial charge in [0.2, 0.25) is 0 Å². The predicted octanol–water partition coefficient (Wildman–Crippen LogP) is 8.25. The van der Waals surface area contributed by atoms with Crippen molar-refractivity contribution in [1.29, 1.82) is 0 Å². The zero-order chi connectivity index (χ0) is 21.2. The van der Waals surface area contributed by atoms with Crippen molar-refractivity contribution in [1.82, 2.24) is 0 Å². The van der Waals surface area contributed by atoms with E-state index in [0.717, 1.165) is 31.4 Å².